The fraction of sp³-hybridized carbons (Fsp3) is 0.500. The first-order valence-electron chi connectivity index (χ1n) is 9.90. The van der Waals surface area contributed by atoms with Crippen molar-refractivity contribution >= 4 is 18.0 Å². The Balaban J connectivity index is 2.07. The molecular weight excluding hydrogens is 372 g/mol. The Morgan fingerprint density at radius 2 is 1.90 bits per heavy atom. The van der Waals surface area contributed by atoms with E-state index in [1.165, 1.54) is 0 Å². The Bertz CT molecular complexity index is 724. The summed E-state index contributed by atoms with van der Waals surface area (Å²) in [5.41, 5.74) is 0.285. The maximum Gasteiger partial charge on any atom is 0.408 e. The lowest BCUT2D eigenvalue weighted by molar-refractivity contribution is -0.146. The first-order chi connectivity index (χ1) is 13.7. The lowest BCUT2D eigenvalue weighted by atomic mass is 10.0. The quantitative estimate of drug-likeness (QED) is 0.584. The fourth-order valence-electron chi connectivity index (χ4n) is 2.88. The number of hydrogen-bond donors (Lipinski definition) is 2. The summed E-state index contributed by atoms with van der Waals surface area (Å²) in [5.74, 6) is -0.588. The van der Waals surface area contributed by atoms with Gasteiger partial charge < -0.3 is 20.1 Å². The lowest BCUT2D eigenvalue weighted by Gasteiger charge is -2.23. The second-order valence-electron chi connectivity index (χ2n) is 7.93. The molecule has 0 unspecified atom stereocenters. The van der Waals surface area contributed by atoms with E-state index in [1.807, 2.05) is 36.4 Å². The molecule has 2 atom stereocenters. The van der Waals surface area contributed by atoms with Gasteiger partial charge in [0, 0.05) is 12.8 Å². The second-order valence-corrected chi connectivity index (χ2v) is 7.93. The molecule has 2 N–H and O–H groups in total. The van der Waals surface area contributed by atoms with E-state index in [1.54, 1.807) is 26.8 Å². The maximum absolute atomic E-state index is 12.5. The van der Waals surface area contributed by atoms with Crippen LogP contribution in [0.15, 0.2) is 42.5 Å². The largest absolute Gasteiger partial charge is 0.464 e. The minimum absolute atomic E-state index is 0.0579. The van der Waals surface area contributed by atoms with E-state index in [0.717, 1.165) is 5.56 Å². The summed E-state index contributed by atoms with van der Waals surface area (Å²) in [4.78, 5) is 36.8. The normalized spacial score (nSPS) is 22.7. The molecular formula is C22H30N2O5. The maximum atomic E-state index is 12.5. The summed E-state index contributed by atoms with van der Waals surface area (Å²) in [5, 5.41) is 5.58. The summed E-state index contributed by atoms with van der Waals surface area (Å²) >= 11 is 0. The van der Waals surface area contributed by atoms with E-state index >= 15 is 0 Å². The van der Waals surface area contributed by atoms with E-state index in [2.05, 4.69) is 10.6 Å². The lowest BCUT2D eigenvalue weighted by Crippen LogP contribution is -2.44. The Morgan fingerprint density at radius 3 is 2.59 bits per heavy atom. The smallest absolute Gasteiger partial charge is 0.408 e. The van der Waals surface area contributed by atoms with Crippen LogP contribution >= 0.6 is 0 Å². The second kappa shape index (κ2) is 10.6. The number of hydrogen-bond acceptors (Lipinski definition) is 5. The number of ether oxygens (including phenoxy) is 2. The molecule has 2 amide bonds. The van der Waals surface area contributed by atoms with Crippen molar-refractivity contribution < 1.29 is 23.9 Å². The highest BCUT2D eigenvalue weighted by Gasteiger charge is 2.25. The van der Waals surface area contributed by atoms with Gasteiger partial charge in [-0.25, -0.2) is 9.59 Å². The molecule has 1 aromatic carbocycles. The number of carbonyl (C=O) groups is 3. The third-order valence-electron chi connectivity index (χ3n) is 4.24. The highest BCUT2D eigenvalue weighted by molar-refractivity contribution is 5.81. The summed E-state index contributed by atoms with van der Waals surface area (Å²) < 4.78 is 10.6. The monoisotopic (exact) mass is 402 g/mol. The van der Waals surface area contributed by atoms with Crippen LogP contribution in [-0.2, 0) is 19.1 Å². The van der Waals surface area contributed by atoms with Crippen molar-refractivity contribution in [1.29, 1.82) is 0 Å². The van der Waals surface area contributed by atoms with Crippen LogP contribution in [0.4, 0.5) is 4.79 Å². The van der Waals surface area contributed by atoms with Gasteiger partial charge in [0.05, 0.1) is 12.6 Å². The van der Waals surface area contributed by atoms with E-state index in [0.29, 0.717) is 19.3 Å². The Labute approximate surface area is 171 Å². The zero-order valence-electron chi connectivity index (χ0n) is 17.3. The van der Waals surface area contributed by atoms with Crippen LogP contribution in [0.1, 0.15) is 58.1 Å². The number of esters is 1. The van der Waals surface area contributed by atoms with E-state index < -0.39 is 23.7 Å². The van der Waals surface area contributed by atoms with Crippen LogP contribution in [0.5, 0.6) is 0 Å². The number of alkyl carbamates (subject to hydrolysis) is 1. The zero-order valence-corrected chi connectivity index (χ0v) is 17.3. The Kier molecular flexibility index (Phi) is 8.24. The van der Waals surface area contributed by atoms with Gasteiger partial charge in [0.2, 0.25) is 5.91 Å². The minimum atomic E-state index is -0.847. The first-order valence-corrected chi connectivity index (χ1v) is 9.90. The highest BCUT2D eigenvalue weighted by atomic mass is 16.6. The van der Waals surface area contributed by atoms with Crippen molar-refractivity contribution in [1.82, 2.24) is 10.6 Å². The van der Waals surface area contributed by atoms with Crippen LogP contribution in [0.3, 0.4) is 0 Å². The number of allylic oxidation sites excluding steroid dienone is 1. The SMILES string of the molecule is CC(C)(C)OC(=O)N[C@@H]1C/C=C/CCC(=O)N[C@H](c2ccccc2)CCOC1=O. The number of nitrogens with one attached hydrogen (secondary N) is 2. The van der Waals surface area contributed by atoms with Crippen molar-refractivity contribution in [3.05, 3.63) is 48.0 Å². The average molecular weight is 402 g/mol. The molecule has 0 radical (unpaired) electrons. The van der Waals surface area contributed by atoms with Crippen LogP contribution in [-0.4, -0.2) is 36.2 Å². The average Bonchev–Trinajstić information content (AvgIpc) is 2.65. The summed E-state index contributed by atoms with van der Waals surface area (Å²) in [6, 6.07) is 8.47. The van der Waals surface area contributed by atoms with Crippen molar-refractivity contribution in [2.75, 3.05) is 6.61 Å². The third kappa shape index (κ3) is 8.37. The summed E-state index contributed by atoms with van der Waals surface area (Å²) in [7, 11) is 0. The molecule has 0 saturated carbocycles. The van der Waals surface area contributed by atoms with E-state index in [4.69, 9.17) is 9.47 Å². The molecule has 1 aliphatic rings. The minimum Gasteiger partial charge on any atom is -0.464 e. The van der Waals surface area contributed by atoms with E-state index in [9.17, 15) is 14.4 Å². The van der Waals surface area contributed by atoms with Crippen LogP contribution in [0, 0.1) is 0 Å². The first kappa shape index (κ1) is 22.5. The van der Waals surface area contributed by atoms with Gasteiger partial charge in [-0.05, 0) is 39.2 Å². The predicted octanol–water partition coefficient (Wildman–Crippen LogP) is 3.41. The molecule has 7 nitrogen and oxygen atoms in total. The number of rotatable bonds is 2. The third-order valence-corrected chi connectivity index (χ3v) is 4.24. The van der Waals surface area contributed by atoms with Gasteiger partial charge in [0.1, 0.15) is 11.6 Å². The molecule has 158 valence electrons. The standard InChI is InChI=1S/C22H30N2O5/c1-22(2,3)29-21(27)24-18-12-8-5-9-13-19(25)23-17(14-15-28-20(18)26)16-10-6-4-7-11-16/h4-8,10-11,17-18H,9,12-15H2,1-3H3,(H,23,25)(H,24,27)/b8-5+/t17-,18+/m0/s1. The van der Waals surface area contributed by atoms with Crippen molar-refractivity contribution in [2.24, 2.45) is 0 Å². The molecule has 1 aliphatic heterocycles. The van der Waals surface area contributed by atoms with Gasteiger partial charge >= 0.3 is 12.1 Å². The van der Waals surface area contributed by atoms with Crippen LogP contribution < -0.4 is 10.6 Å². The zero-order chi connectivity index (χ0) is 21.3. The predicted molar refractivity (Wildman–Crippen MR) is 109 cm³/mol. The van der Waals surface area contributed by atoms with Crippen LogP contribution in [0.2, 0.25) is 0 Å². The van der Waals surface area contributed by atoms with E-state index in [-0.39, 0.29) is 25.0 Å². The molecule has 1 aromatic rings. The molecule has 0 spiro atoms. The molecule has 0 bridgehead atoms. The van der Waals surface area contributed by atoms with Crippen molar-refractivity contribution in [2.45, 2.75) is 64.1 Å². The fourth-order valence-corrected chi connectivity index (χ4v) is 2.88. The van der Waals surface area contributed by atoms with Gasteiger partial charge in [0.15, 0.2) is 0 Å². The highest BCUT2D eigenvalue weighted by Crippen LogP contribution is 2.18. The van der Waals surface area contributed by atoms with Gasteiger partial charge in [-0.2, -0.15) is 0 Å². The topological polar surface area (TPSA) is 93.7 Å². The molecule has 0 aliphatic carbocycles. The van der Waals surface area contributed by atoms with Crippen LogP contribution in [0.25, 0.3) is 0 Å². The number of cyclic esters (lactones) is 1. The summed E-state index contributed by atoms with van der Waals surface area (Å²) in [6.45, 7) is 5.38. The molecule has 29 heavy (non-hydrogen) atoms. The number of benzene rings is 1. The molecule has 7 heteroatoms. The Hall–Kier alpha value is -2.83. The summed E-state index contributed by atoms with van der Waals surface area (Å²) in [6.07, 6.45) is 4.52. The number of amides is 2. The molecule has 0 fully saturated rings. The van der Waals surface area contributed by atoms with Gasteiger partial charge in [0.25, 0.3) is 0 Å². The van der Waals surface area contributed by atoms with Crippen molar-refractivity contribution in [3.8, 4) is 0 Å². The van der Waals surface area contributed by atoms with Crippen molar-refractivity contribution in [3.63, 3.8) is 0 Å². The molecule has 2 rings (SSSR count). The molecule has 0 aromatic heterocycles. The van der Waals surface area contributed by atoms with Gasteiger partial charge in [-0.3, -0.25) is 4.79 Å². The molecule has 0 saturated heterocycles. The number of carbonyl (C=O) groups excluding carboxylic acids is 3. The van der Waals surface area contributed by atoms with Gasteiger partial charge in [-0.1, -0.05) is 42.5 Å². The molecule has 1 heterocycles. The van der Waals surface area contributed by atoms with Gasteiger partial charge in [-0.15, -0.1) is 0 Å². The Morgan fingerprint density at radius 1 is 1.17 bits per heavy atom.